The molecule has 0 bridgehead atoms. The summed E-state index contributed by atoms with van der Waals surface area (Å²) in [5.41, 5.74) is 2.40. The minimum absolute atomic E-state index is 0.0361. The number of carbonyl (C=O) groups excluding carboxylic acids is 1. The molecule has 1 aromatic rings. The van der Waals surface area contributed by atoms with Crippen LogP contribution in [-0.4, -0.2) is 30.2 Å². The molecule has 1 saturated heterocycles. The molecule has 2 N–H and O–H groups in total. The molecule has 0 aromatic heterocycles. The van der Waals surface area contributed by atoms with E-state index in [1.54, 1.807) is 11.8 Å². The lowest BCUT2D eigenvalue weighted by Gasteiger charge is -2.18. The standard InChI is InChI=1S/C14H18N2O2S/c17-14(12-8-19-9-16-12)15-7-10-3-4-13-11(6-10)2-1-5-18-13/h3-4,6,12,16H,1-2,5,7-9H2,(H,15,17). The second-order valence-electron chi connectivity index (χ2n) is 4.88. The first-order valence-electron chi connectivity index (χ1n) is 6.66. The number of amides is 1. The van der Waals surface area contributed by atoms with Crippen LogP contribution < -0.4 is 15.4 Å². The number of aryl methyl sites for hydroxylation is 1. The minimum Gasteiger partial charge on any atom is -0.493 e. The summed E-state index contributed by atoms with van der Waals surface area (Å²) < 4.78 is 5.59. The number of fused-ring (bicyclic) bond motifs is 1. The Balaban J connectivity index is 1.59. The van der Waals surface area contributed by atoms with Crippen LogP contribution in [0.15, 0.2) is 18.2 Å². The molecule has 0 radical (unpaired) electrons. The van der Waals surface area contributed by atoms with Gasteiger partial charge in [-0.2, -0.15) is 0 Å². The van der Waals surface area contributed by atoms with Gasteiger partial charge in [0, 0.05) is 18.2 Å². The van der Waals surface area contributed by atoms with Gasteiger partial charge in [-0.05, 0) is 30.0 Å². The van der Waals surface area contributed by atoms with Crippen LogP contribution in [0.4, 0.5) is 0 Å². The number of carbonyl (C=O) groups is 1. The highest BCUT2D eigenvalue weighted by molar-refractivity contribution is 7.99. The summed E-state index contributed by atoms with van der Waals surface area (Å²) in [5, 5.41) is 6.17. The molecule has 1 fully saturated rings. The van der Waals surface area contributed by atoms with Crippen molar-refractivity contribution in [3.63, 3.8) is 0 Å². The fourth-order valence-corrected chi connectivity index (χ4v) is 3.34. The molecule has 2 aliphatic heterocycles. The molecule has 0 aliphatic carbocycles. The summed E-state index contributed by atoms with van der Waals surface area (Å²) in [5.74, 6) is 2.83. The summed E-state index contributed by atoms with van der Waals surface area (Å²) in [6, 6.07) is 6.15. The van der Waals surface area contributed by atoms with Crippen molar-refractivity contribution >= 4 is 17.7 Å². The Bertz CT molecular complexity index is 473. The largest absolute Gasteiger partial charge is 0.493 e. The zero-order valence-corrected chi connectivity index (χ0v) is 11.6. The third-order valence-corrected chi connectivity index (χ3v) is 4.41. The third-order valence-electron chi connectivity index (χ3n) is 3.47. The van der Waals surface area contributed by atoms with E-state index < -0.39 is 0 Å². The van der Waals surface area contributed by atoms with Crippen LogP contribution in [0.25, 0.3) is 0 Å². The summed E-state index contributed by atoms with van der Waals surface area (Å²) in [6.07, 6.45) is 2.14. The molecule has 3 rings (SSSR count). The summed E-state index contributed by atoms with van der Waals surface area (Å²) in [6.45, 7) is 1.41. The number of ether oxygens (including phenoxy) is 1. The lowest BCUT2D eigenvalue weighted by molar-refractivity contribution is -0.122. The molecule has 1 unspecified atom stereocenters. The maximum absolute atomic E-state index is 11.9. The van der Waals surface area contributed by atoms with Crippen molar-refractivity contribution in [2.24, 2.45) is 0 Å². The normalized spacial score (nSPS) is 21.6. The smallest absolute Gasteiger partial charge is 0.238 e. The molecule has 1 amide bonds. The summed E-state index contributed by atoms with van der Waals surface area (Å²) in [4.78, 5) is 11.9. The van der Waals surface area contributed by atoms with Gasteiger partial charge in [0.25, 0.3) is 0 Å². The predicted molar refractivity (Wildman–Crippen MR) is 76.4 cm³/mol. The van der Waals surface area contributed by atoms with Crippen LogP contribution >= 0.6 is 11.8 Å². The molecular weight excluding hydrogens is 260 g/mol. The highest BCUT2D eigenvalue weighted by Gasteiger charge is 2.22. The Morgan fingerprint density at radius 1 is 1.53 bits per heavy atom. The van der Waals surface area contributed by atoms with Gasteiger partial charge in [-0.25, -0.2) is 0 Å². The Labute approximate surface area is 117 Å². The van der Waals surface area contributed by atoms with Crippen LogP contribution in [0, 0.1) is 0 Å². The van der Waals surface area contributed by atoms with E-state index in [2.05, 4.69) is 16.7 Å². The second kappa shape index (κ2) is 5.84. The molecule has 2 aliphatic rings. The molecule has 0 spiro atoms. The lowest BCUT2D eigenvalue weighted by atomic mass is 10.0. The molecule has 19 heavy (non-hydrogen) atoms. The van der Waals surface area contributed by atoms with Crippen molar-refractivity contribution in [1.29, 1.82) is 0 Å². The number of rotatable bonds is 3. The van der Waals surface area contributed by atoms with E-state index in [9.17, 15) is 4.79 Å². The Morgan fingerprint density at radius 2 is 2.47 bits per heavy atom. The van der Waals surface area contributed by atoms with E-state index in [0.717, 1.165) is 42.4 Å². The van der Waals surface area contributed by atoms with Crippen molar-refractivity contribution in [2.45, 2.75) is 25.4 Å². The van der Waals surface area contributed by atoms with Crippen molar-refractivity contribution in [2.75, 3.05) is 18.2 Å². The van der Waals surface area contributed by atoms with Crippen LogP contribution in [0.1, 0.15) is 17.5 Å². The number of hydrogen-bond donors (Lipinski definition) is 2. The highest BCUT2D eigenvalue weighted by Crippen LogP contribution is 2.25. The zero-order chi connectivity index (χ0) is 13.1. The second-order valence-corrected chi connectivity index (χ2v) is 5.91. The molecule has 2 heterocycles. The average molecular weight is 278 g/mol. The number of benzene rings is 1. The first-order valence-corrected chi connectivity index (χ1v) is 7.82. The number of nitrogens with one attached hydrogen (secondary N) is 2. The molecule has 0 saturated carbocycles. The van der Waals surface area contributed by atoms with Crippen LogP contribution in [0.3, 0.4) is 0 Å². The van der Waals surface area contributed by atoms with E-state index in [4.69, 9.17) is 4.74 Å². The SMILES string of the molecule is O=C(NCc1ccc2c(c1)CCCO2)C1CSCN1. The topological polar surface area (TPSA) is 50.4 Å². The van der Waals surface area contributed by atoms with Crippen molar-refractivity contribution in [3.05, 3.63) is 29.3 Å². The first-order chi connectivity index (χ1) is 9.33. The van der Waals surface area contributed by atoms with Crippen molar-refractivity contribution in [3.8, 4) is 5.75 Å². The van der Waals surface area contributed by atoms with E-state index in [1.807, 2.05) is 12.1 Å². The minimum atomic E-state index is -0.0361. The zero-order valence-electron chi connectivity index (χ0n) is 10.8. The van der Waals surface area contributed by atoms with Gasteiger partial charge >= 0.3 is 0 Å². The summed E-state index contributed by atoms with van der Waals surface area (Å²) in [7, 11) is 0. The van der Waals surface area contributed by atoms with Gasteiger partial charge in [0.05, 0.1) is 12.6 Å². The van der Waals surface area contributed by atoms with E-state index in [0.29, 0.717) is 6.54 Å². The van der Waals surface area contributed by atoms with Crippen LogP contribution in [-0.2, 0) is 17.8 Å². The van der Waals surface area contributed by atoms with E-state index >= 15 is 0 Å². The third kappa shape index (κ3) is 3.04. The quantitative estimate of drug-likeness (QED) is 0.875. The maximum Gasteiger partial charge on any atom is 0.238 e. The average Bonchev–Trinajstić information content (AvgIpc) is 2.99. The van der Waals surface area contributed by atoms with Gasteiger partial charge in [0.1, 0.15) is 5.75 Å². The molecule has 102 valence electrons. The van der Waals surface area contributed by atoms with Crippen LogP contribution in [0.2, 0.25) is 0 Å². The number of thioether (sulfide) groups is 1. The molecular formula is C14H18N2O2S. The molecule has 1 atom stereocenters. The predicted octanol–water partition coefficient (Wildman–Crippen LogP) is 1.29. The molecule has 5 heteroatoms. The Kier molecular flexibility index (Phi) is 3.94. The van der Waals surface area contributed by atoms with E-state index in [1.165, 1.54) is 5.56 Å². The fourth-order valence-electron chi connectivity index (χ4n) is 2.40. The van der Waals surface area contributed by atoms with Gasteiger partial charge in [0.2, 0.25) is 5.91 Å². The van der Waals surface area contributed by atoms with Gasteiger partial charge in [-0.3, -0.25) is 10.1 Å². The lowest BCUT2D eigenvalue weighted by Crippen LogP contribution is -2.41. The Morgan fingerprint density at radius 3 is 3.32 bits per heavy atom. The van der Waals surface area contributed by atoms with Gasteiger partial charge in [-0.15, -0.1) is 11.8 Å². The monoisotopic (exact) mass is 278 g/mol. The van der Waals surface area contributed by atoms with Gasteiger partial charge < -0.3 is 10.1 Å². The maximum atomic E-state index is 11.9. The highest BCUT2D eigenvalue weighted by atomic mass is 32.2. The number of hydrogen-bond acceptors (Lipinski definition) is 4. The van der Waals surface area contributed by atoms with E-state index in [-0.39, 0.29) is 11.9 Å². The summed E-state index contributed by atoms with van der Waals surface area (Å²) >= 11 is 1.76. The first kappa shape index (κ1) is 12.8. The fraction of sp³-hybridized carbons (Fsp3) is 0.500. The molecule has 1 aromatic carbocycles. The van der Waals surface area contributed by atoms with Gasteiger partial charge in [-0.1, -0.05) is 12.1 Å². The van der Waals surface area contributed by atoms with Crippen molar-refractivity contribution in [1.82, 2.24) is 10.6 Å². The molecule has 4 nitrogen and oxygen atoms in total. The van der Waals surface area contributed by atoms with Gasteiger partial charge in [0.15, 0.2) is 0 Å². The Hall–Kier alpha value is -1.20. The van der Waals surface area contributed by atoms with Crippen molar-refractivity contribution < 1.29 is 9.53 Å². The van der Waals surface area contributed by atoms with Crippen LogP contribution in [0.5, 0.6) is 5.75 Å².